The van der Waals surface area contributed by atoms with Crippen molar-refractivity contribution in [2.45, 2.75) is 12.1 Å². The molecule has 0 unspecified atom stereocenters. The van der Waals surface area contributed by atoms with Crippen molar-refractivity contribution in [2.75, 3.05) is 5.75 Å². The van der Waals surface area contributed by atoms with Crippen LogP contribution in [0.3, 0.4) is 0 Å². The van der Waals surface area contributed by atoms with Crippen molar-refractivity contribution in [1.29, 1.82) is 0 Å². The van der Waals surface area contributed by atoms with E-state index in [0.29, 0.717) is 16.7 Å². The van der Waals surface area contributed by atoms with Crippen molar-refractivity contribution in [3.05, 3.63) is 83.1 Å². The molecule has 2 aromatic carbocycles. The summed E-state index contributed by atoms with van der Waals surface area (Å²) in [7, 11) is 0. The molecule has 4 rings (SSSR count). The Morgan fingerprint density at radius 2 is 1.88 bits per heavy atom. The van der Waals surface area contributed by atoms with Gasteiger partial charge in [-0.25, -0.2) is 5.43 Å². The molecule has 0 saturated heterocycles. The van der Waals surface area contributed by atoms with Crippen molar-refractivity contribution < 1.29 is 9.90 Å². The largest absolute Gasteiger partial charge is 0.508 e. The quantitative estimate of drug-likeness (QED) is 0.211. The minimum absolute atomic E-state index is 0.0990. The lowest BCUT2D eigenvalue weighted by Crippen LogP contribution is -2.21. The Morgan fingerprint density at radius 1 is 1.12 bits per heavy atom. The van der Waals surface area contributed by atoms with E-state index in [9.17, 15) is 9.90 Å². The number of nitrogens with one attached hydrogen (secondary N) is 1. The number of thioether (sulfide) groups is 1. The Bertz CT molecular complexity index is 1290. The van der Waals surface area contributed by atoms with Gasteiger partial charge in [0.1, 0.15) is 5.75 Å². The van der Waals surface area contributed by atoms with Gasteiger partial charge >= 0.3 is 0 Å². The van der Waals surface area contributed by atoms with Crippen LogP contribution in [-0.2, 0) is 4.79 Å². The zero-order valence-electron chi connectivity index (χ0n) is 17.5. The summed E-state index contributed by atoms with van der Waals surface area (Å²) in [5, 5.41) is 23.0. The second-order valence-electron chi connectivity index (χ2n) is 6.93. The van der Waals surface area contributed by atoms with Crippen LogP contribution < -0.4 is 5.43 Å². The number of amides is 1. The highest BCUT2D eigenvalue weighted by molar-refractivity contribution is 9.10. The Morgan fingerprint density at radius 3 is 2.61 bits per heavy atom. The van der Waals surface area contributed by atoms with E-state index in [2.05, 4.69) is 41.6 Å². The van der Waals surface area contributed by atoms with Gasteiger partial charge in [-0.05, 0) is 55.5 Å². The van der Waals surface area contributed by atoms with Gasteiger partial charge in [-0.15, -0.1) is 10.2 Å². The molecule has 2 heterocycles. The summed E-state index contributed by atoms with van der Waals surface area (Å²) in [5.41, 5.74) is 5.59. The smallest absolute Gasteiger partial charge is 0.250 e. The zero-order chi connectivity index (χ0) is 23.2. The molecule has 1 amide bonds. The number of hydrogen-bond donors (Lipinski definition) is 2. The maximum absolute atomic E-state index is 12.4. The summed E-state index contributed by atoms with van der Waals surface area (Å²) in [5.74, 6) is 0.610. The summed E-state index contributed by atoms with van der Waals surface area (Å²) in [6.07, 6.45) is 3.39. The SMILES string of the molecule is C/C(=N\NC(=O)CSc1nnc(-c2ccncc2)n1-c1ccc(Br)cc1)c1cccc(O)c1. The fraction of sp³-hybridized carbons (Fsp3) is 0.0870. The van der Waals surface area contributed by atoms with Gasteiger partial charge in [0.15, 0.2) is 11.0 Å². The monoisotopic (exact) mass is 522 g/mol. The Labute approximate surface area is 202 Å². The number of halogens is 1. The summed E-state index contributed by atoms with van der Waals surface area (Å²) in [6, 6.07) is 18.2. The maximum Gasteiger partial charge on any atom is 0.250 e. The van der Waals surface area contributed by atoms with Crippen molar-refractivity contribution in [1.82, 2.24) is 25.2 Å². The minimum Gasteiger partial charge on any atom is -0.508 e. The third-order valence-electron chi connectivity index (χ3n) is 4.60. The number of phenolic OH excluding ortho intramolecular Hbond substituents is 1. The summed E-state index contributed by atoms with van der Waals surface area (Å²) in [4.78, 5) is 16.5. The highest BCUT2D eigenvalue weighted by Gasteiger charge is 2.17. The number of rotatable bonds is 7. The van der Waals surface area contributed by atoms with Crippen LogP contribution in [0.4, 0.5) is 0 Å². The first-order valence-corrected chi connectivity index (χ1v) is 11.7. The number of hydrazone groups is 1. The van der Waals surface area contributed by atoms with Gasteiger partial charge < -0.3 is 5.11 Å². The molecule has 2 N–H and O–H groups in total. The van der Waals surface area contributed by atoms with E-state index in [1.54, 1.807) is 43.6 Å². The lowest BCUT2D eigenvalue weighted by atomic mass is 10.1. The average Bonchev–Trinajstić information content (AvgIpc) is 3.26. The summed E-state index contributed by atoms with van der Waals surface area (Å²) >= 11 is 4.72. The molecule has 33 heavy (non-hydrogen) atoms. The normalized spacial score (nSPS) is 11.4. The highest BCUT2D eigenvalue weighted by Crippen LogP contribution is 2.28. The van der Waals surface area contributed by atoms with Crippen molar-refractivity contribution in [3.63, 3.8) is 0 Å². The van der Waals surface area contributed by atoms with Crippen LogP contribution in [0.5, 0.6) is 5.75 Å². The van der Waals surface area contributed by atoms with Crippen molar-refractivity contribution >= 4 is 39.3 Å². The predicted molar refractivity (Wildman–Crippen MR) is 131 cm³/mol. The fourth-order valence-corrected chi connectivity index (χ4v) is 3.99. The second kappa shape index (κ2) is 10.4. The first kappa shape index (κ1) is 22.7. The van der Waals surface area contributed by atoms with E-state index >= 15 is 0 Å². The zero-order valence-corrected chi connectivity index (χ0v) is 19.9. The highest BCUT2D eigenvalue weighted by atomic mass is 79.9. The predicted octanol–water partition coefficient (Wildman–Crippen LogP) is 4.43. The second-order valence-corrected chi connectivity index (χ2v) is 8.78. The third-order valence-corrected chi connectivity index (χ3v) is 6.06. The van der Waals surface area contributed by atoms with Crippen LogP contribution in [-0.4, -0.2) is 42.2 Å². The van der Waals surface area contributed by atoms with Crippen LogP contribution in [0.25, 0.3) is 17.1 Å². The third kappa shape index (κ3) is 5.65. The lowest BCUT2D eigenvalue weighted by molar-refractivity contribution is -0.118. The molecule has 0 atom stereocenters. The molecule has 0 aliphatic rings. The number of carbonyl (C=O) groups is 1. The topological polar surface area (TPSA) is 105 Å². The molecule has 0 bridgehead atoms. The molecule has 8 nitrogen and oxygen atoms in total. The van der Waals surface area contributed by atoms with Gasteiger partial charge in [-0.3, -0.25) is 14.3 Å². The van der Waals surface area contributed by atoms with E-state index in [-0.39, 0.29) is 17.4 Å². The van der Waals surface area contributed by atoms with Gasteiger partial charge in [0.2, 0.25) is 0 Å². The van der Waals surface area contributed by atoms with Gasteiger partial charge in [-0.2, -0.15) is 5.10 Å². The molecule has 0 fully saturated rings. The van der Waals surface area contributed by atoms with E-state index < -0.39 is 0 Å². The number of hydrogen-bond acceptors (Lipinski definition) is 7. The number of benzene rings is 2. The van der Waals surface area contributed by atoms with Gasteiger partial charge in [-0.1, -0.05) is 39.8 Å². The minimum atomic E-state index is -0.282. The molecular weight excluding hydrogens is 504 g/mol. The first-order chi connectivity index (χ1) is 16.0. The Kier molecular flexibility index (Phi) is 7.16. The average molecular weight is 523 g/mol. The standard InChI is InChI=1S/C23H19BrN6O2S/c1-15(17-3-2-4-20(31)13-17)26-27-21(32)14-33-23-29-28-22(16-9-11-25-12-10-16)30(23)19-7-5-18(24)6-8-19/h2-13,31H,14H2,1H3,(H,27,32)/b26-15+. The van der Waals surface area contributed by atoms with Crippen molar-refractivity contribution in [3.8, 4) is 22.8 Å². The molecule has 0 radical (unpaired) electrons. The molecule has 4 aromatic rings. The van der Waals surface area contributed by atoms with Crippen LogP contribution in [0.1, 0.15) is 12.5 Å². The summed E-state index contributed by atoms with van der Waals surface area (Å²) in [6.45, 7) is 1.76. The molecule has 2 aromatic heterocycles. The molecule has 0 saturated carbocycles. The Balaban J connectivity index is 1.52. The summed E-state index contributed by atoms with van der Waals surface area (Å²) < 4.78 is 2.86. The number of phenols is 1. The molecule has 0 aliphatic heterocycles. The Hall–Kier alpha value is -3.50. The number of nitrogens with zero attached hydrogens (tertiary/aromatic N) is 5. The molecule has 0 spiro atoms. The molecule has 166 valence electrons. The maximum atomic E-state index is 12.4. The van der Waals surface area contributed by atoms with E-state index in [1.807, 2.05) is 41.0 Å². The van der Waals surface area contributed by atoms with Crippen LogP contribution in [0.15, 0.2) is 87.8 Å². The number of pyridine rings is 1. The van der Waals surface area contributed by atoms with E-state index in [4.69, 9.17) is 0 Å². The van der Waals surface area contributed by atoms with Crippen molar-refractivity contribution in [2.24, 2.45) is 5.10 Å². The van der Waals surface area contributed by atoms with Gasteiger partial charge in [0, 0.05) is 33.7 Å². The van der Waals surface area contributed by atoms with Crippen LogP contribution in [0.2, 0.25) is 0 Å². The number of aromatic nitrogens is 4. The molecule has 0 aliphatic carbocycles. The molecular formula is C23H19BrN6O2S. The first-order valence-electron chi connectivity index (χ1n) is 9.88. The van der Waals surface area contributed by atoms with E-state index in [0.717, 1.165) is 21.3 Å². The van der Waals surface area contributed by atoms with Crippen LogP contribution >= 0.6 is 27.7 Å². The fourth-order valence-electron chi connectivity index (χ4n) is 2.98. The number of aromatic hydroxyl groups is 1. The van der Waals surface area contributed by atoms with Gasteiger partial charge in [0.25, 0.3) is 5.91 Å². The van der Waals surface area contributed by atoms with Crippen LogP contribution in [0, 0.1) is 0 Å². The lowest BCUT2D eigenvalue weighted by Gasteiger charge is -2.10. The molecule has 10 heteroatoms. The number of carbonyl (C=O) groups excluding carboxylic acids is 1. The van der Waals surface area contributed by atoms with E-state index in [1.165, 1.54) is 11.8 Å². The van der Waals surface area contributed by atoms with Gasteiger partial charge in [0.05, 0.1) is 11.5 Å².